The maximum absolute atomic E-state index is 6.09. The molecule has 2 rings (SSSR count). The Hall–Kier alpha value is -2.40. The third-order valence-corrected chi connectivity index (χ3v) is 3.71. The lowest BCUT2D eigenvalue weighted by atomic mass is 10.2. The molecule has 0 aromatic heterocycles. The summed E-state index contributed by atoms with van der Waals surface area (Å²) in [6.07, 6.45) is 1.65. The van der Waals surface area contributed by atoms with Gasteiger partial charge < -0.3 is 14.2 Å². The molecule has 0 unspecified atom stereocenters. The minimum Gasteiger partial charge on any atom is -0.496 e. The van der Waals surface area contributed by atoms with E-state index in [1.165, 1.54) is 0 Å². The highest BCUT2D eigenvalue weighted by Gasteiger charge is 2.10. The Balaban J connectivity index is 2.22. The number of anilines is 1. The minimum absolute atomic E-state index is 0.597. The predicted molar refractivity (Wildman–Crippen MR) is 93.5 cm³/mol. The molecule has 0 spiro atoms. The van der Waals surface area contributed by atoms with Crippen LogP contribution in [0.2, 0.25) is 5.02 Å². The highest BCUT2D eigenvalue weighted by atomic mass is 35.5. The van der Waals surface area contributed by atoms with E-state index in [2.05, 4.69) is 10.5 Å². The molecule has 1 N–H and O–H groups in total. The van der Waals surface area contributed by atoms with Crippen molar-refractivity contribution in [2.75, 3.05) is 26.8 Å². The number of ether oxygens (including phenoxy) is 3. The van der Waals surface area contributed by atoms with E-state index < -0.39 is 0 Å². The summed E-state index contributed by atoms with van der Waals surface area (Å²) in [4.78, 5) is 0. The summed E-state index contributed by atoms with van der Waals surface area (Å²) in [7, 11) is 4.75. The molecule has 2 aromatic rings. The van der Waals surface area contributed by atoms with Gasteiger partial charge in [0.05, 0.1) is 33.2 Å². The van der Waals surface area contributed by atoms with Crippen molar-refractivity contribution in [2.24, 2.45) is 5.10 Å². The fourth-order valence-corrected chi connectivity index (χ4v) is 2.17. The van der Waals surface area contributed by atoms with Gasteiger partial charge in [0.25, 0.3) is 0 Å². The lowest BCUT2D eigenvalue weighted by molar-refractivity contribution is 0.349. The van der Waals surface area contributed by atoms with Crippen molar-refractivity contribution in [3.05, 3.63) is 46.5 Å². The summed E-state index contributed by atoms with van der Waals surface area (Å²) in [6, 6.07) is 9.20. The van der Waals surface area contributed by atoms with Gasteiger partial charge in [-0.05, 0) is 30.7 Å². The van der Waals surface area contributed by atoms with Crippen LogP contribution in [-0.4, -0.2) is 27.5 Å². The molecule has 23 heavy (non-hydrogen) atoms. The Morgan fingerprint density at radius 3 is 2.22 bits per heavy atom. The summed E-state index contributed by atoms with van der Waals surface area (Å²) < 4.78 is 15.9. The molecule has 0 saturated carbocycles. The summed E-state index contributed by atoms with van der Waals surface area (Å²) in [5.41, 5.74) is 5.51. The highest BCUT2D eigenvalue weighted by Crippen LogP contribution is 2.33. The molecule has 0 bridgehead atoms. The SMILES string of the molecule is COc1cc(OC)c(OC)cc1/C=N\Nc1ccc(C)c(Cl)c1. The maximum Gasteiger partial charge on any atom is 0.164 e. The molecule has 0 amide bonds. The first kappa shape index (κ1) is 17.0. The zero-order chi connectivity index (χ0) is 16.8. The Morgan fingerprint density at radius 1 is 0.957 bits per heavy atom. The molecule has 0 radical (unpaired) electrons. The topological polar surface area (TPSA) is 52.1 Å². The van der Waals surface area contributed by atoms with Crippen molar-refractivity contribution in [3.8, 4) is 17.2 Å². The lowest BCUT2D eigenvalue weighted by Crippen LogP contribution is -1.98. The first-order valence-corrected chi connectivity index (χ1v) is 7.32. The summed E-state index contributed by atoms with van der Waals surface area (Å²) in [6.45, 7) is 1.95. The number of nitrogens with zero attached hydrogens (tertiary/aromatic N) is 1. The number of hydrazone groups is 1. The minimum atomic E-state index is 0.597. The van der Waals surface area contributed by atoms with Gasteiger partial charge in [-0.3, -0.25) is 5.43 Å². The average Bonchev–Trinajstić information content (AvgIpc) is 2.57. The number of halogens is 1. The van der Waals surface area contributed by atoms with E-state index in [-0.39, 0.29) is 0 Å². The van der Waals surface area contributed by atoms with Crippen molar-refractivity contribution in [1.29, 1.82) is 0 Å². The third kappa shape index (κ3) is 4.07. The van der Waals surface area contributed by atoms with E-state index in [0.29, 0.717) is 22.3 Å². The van der Waals surface area contributed by atoms with Crippen molar-refractivity contribution < 1.29 is 14.2 Å². The van der Waals surface area contributed by atoms with Crippen LogP contribution >= 0.6 is 11.6 Å². The van der Waals surface area contributed by atoms with Gasteiger partial charge in [-0.15, -0.1) is 0 Å². The van der Waals surface area contributed by atoms with Crippen LogP contribution in [0.1, 0.15) is 11.1 Å². The fourth-order valence-electron chi connectivity index (χ4n) is 1.99. The quantitative estimate of drug-likeness (QED) is 0.637. The van der Waals surface area contributed by atoms with Crippen molar-refractivity contribution in [1.82, 2.24) is 0 Å². The van der Waals surface area contributed by atoms with Crippen molar-refractivity contribution in [2.45, 2.75) is 6.92 Å². The van der Waals surface area contributed by atoms with E-state index >= 15 is 0 Å². The van der Waals surface area contributed by atoms with Gasteiger partial charge >= 0.3 is 0 Å². The molecule has 6 heteroatoms. The zero-order valence-corrected chi connectivity index (χ0v) is 14.3. The number of rotatable bonds is 6. The van der Waals surface area contributed by atoms with Crippen LogP contribution in [0.3, 0.4) is 0 Å². The largest absolute Gasteiger partial charge is 0.496 e. The van der Waals surface area contributed by atoms with Crippen LogP contribution in [0.25, 0.3) is 0 Å². The van der Waals surface area contributed by atoms with Crippen LogP contribution in [-0.2, 0) is 0 Å². The molecule has 0 saturated heterocycles. The fraction of sp³-hybridized carbons (Fsp3) is 0.235. The van der Waals surface area contributed by atoms with E-state index in [0.717, 1.165) is 16.8 Å². The number of hydrogen-bond acceptors (Lipinski definition) is 5. The maximum atomic E-state index is 6.09. The summed E-state index contributed by atoms with van der Waals surface area (Å²) in [5, 5.41) is 4.90. The Morgan fingerprint density at radius 2 is 1.61 bits per heavy atom. The number of benzene rings is 2. The van der Waals surface area contributed by atoms with Crippen LogP contribution in [0.5, 0.6) is 17.2 Å². The molecule has 0 aliphatic heterocycles. The first-order chi connectivity index (χ1) is 11.1. The second kappa shape index (κ2) is 7.74. The number of methoxy groups -OCH3 is 3. The zero-order valence-electron chi connectivity index (χ0n) is 13.5. The van der Waals surface area contributed by atoms with Crippen LogP contribution in [0.15, 0.2) is 35.4 Å². The van der Waals surface area contributed by atoms with Crippen LogP contribution in [0, 0.1) is 6.92 Å². The van der Waals surface area contributed by atoms with Gasteiger partial charge in [-0.1, -0.05) is 17.7 Å². The van der Waals surface area contributed by atoms with E-state index in [9.17, 15) is 0 Å². The van der Waals surface area contributed by atoms with Gasteiger partial charge in [-0.25, -0.2) is 0 Å². The number of nitrogens with one attached hydrogen (secondary N) is 1. The summed E-state index contributed by atoms with van der Waals surface area (Å²) >= 11 is 6.09. The first-order valence-electron chi connectivity index (χ1n) is 6.94. The second-order valence-electron chi connectivity index (χ2n) is 4.78. The van der Waals surface area contributed by atoms with E-state index in [1.54, 1.807) is 39.7 Å². The third-order valence-electron chi connectivity index (χ3n) is 3.31. The van der Waals surface area contributed by atoms with Crippen molar-refractivity contribution >= 4 is 23.5 Å². The Kier molecular flexibility index (Phi) is 5.71. The average molecular weight is 335 g/mol. The highest BCUT2D eigenvalue weighted by molar-refractivity contribution is 6.31. The molecule has 122 valence electrons. The molecule has 5 nitrogen and oxygen atoms in total. The predicted octanol–water partition coefficient (Wildman–Crippen LogP) is 4.12. The van der Waals surface area contributed by atoms with Crippen molar-refractivity contribution in [3.63, 3.8) is 0 Å². The number of aryl methyl sites for hydroxylation is 1. The van der Waals surface area contributed by atoms with Crippen LogP contribution < -0.4 is 19.6 Å². The molecule has 0 aliphatic rings. The normalized spacial score (nSPS) is 10.7. The molecular weight excluding hydrogens is 316 g/mol. The second-order valence-corrected chi connectivity index (χ2v) is 5.19. The van der Waals surface area contributed by atoms with E-state index in [4.69, 9.17) is 25.8 Å². The van der Waals surface area contributed by atoms with Gasteiger partial charge in [-0.2, -0.15) is 5.10 Å². The van der Waals surface area contributed by atoms with E-state index in [1.807, 2.05) is 25.1 Å². The Bertz CT molecular complexity index is 717. The number of hydrogen-bond donors (Lipinski definition) is 1. The monoisotopic (exact) mass is 334 g/mol. The molecule has 0 fully saturated rings. The molecule has 0 aliphatic carbocycles. The van der Waals surface area contributed by atoms with Gasteiger partial charge in [0.2, 0.25) is 0 Å². The summed E-state index contributed by atoms with van der Waals surface area (Å²) in [5.74, 6) is 1.84. The van der Waals surface area contributed by atoms with Crippen LogP contribution in [0.4, 0.5) is 5.69 Å². The molecule has 0 heterocycles. The van der Waals surface area contributed by atoms with Gasteiger partial charge in [0, 0.05) is 16.7 Å². The molecular formula is C17H19ClN2O3. The molecule has 0 atom stereocenters. The van der Waals surface area contributed by atoms with Gasteiger partial charge in [0.15, 0.2) is 11.5 Å². The molecule has 2 aromatic carbocycles. The standard InChI is InChI=1S/C17H19ClN2O3/c1-11-5-6-13(8-14(11)18)20-19-10-12-7-16(22-3)17(23-4)9-15(12)21-2/h5-10,20H,1-4H3/b19-10-. The van der Waals surface area contributed by atoms with Gasteiger partial charge in [0.1, 0.15) is 5.75 Å². The Labute approximate surface area is 140 Å². The smallest absolute Gasteiger partial charge is 0.164 e. The lowest BCUT2D eigenvalue weighted by Gasteiger charge is -2.11.